The second-order valence-corrected chi connectivity index (χ2v) is 4.42. The summed E-state index contributed by atoms with van der Waals surface area (Å²) in [6, 6.07) is 6.15. The number of benzene rings is 1. The molecule has 1 aromatic heterocycles. The van der Waals surface area contributed by atoms with Crippen LogP contribution < -0.4 is 5.73 Å². The van der Waals surface area contributed by atoms with Crippen molar-refractivity contribution in [2.24, 2.45) is 0 Å². The van der Waals surface area contributed by atoms with E-state index in [1.54, 1.807) is 0 Å². The molecule has 3 heteroatoms. The van der Waals surface area contributed by atoms with Crippen LogP contribution in [-0.4, -0.2) is 9.55 Å². The zero-order valence-electron chi connectivity index (χ0n) is 10.5. The lowest BCUT2D eigenvalue weighted by atomic mass is 10.1. The van der Waals surface area contributed by atoms with E-state index in [4.69, 9.17) is 5.73 Å². The standard InChI is InChI=1S/C14H19N3/c1-3-7-17-8-6-16-14(17)10-12-9-11(2)4-5-13(12)15/h4-6,8-9H,3,7,10,15H2,1-2H3. The number of anilines is 1. The Balaban J connectivity index is 2.25. The molecule has 17 heavy (non-hydrogen) atoms. The van der Waals surface area contributed by atoms with Crippen LogP contribution >= 0.6 is 0 Å². The summed E-state index contributed by atoms with van der Waals surface area (Å²) in [7, 11) is 0. The molecule has 2 aromatic rings. The number of rotatable bonds is 4. The van der Waals surface area contributed by atoms with E-state index in [0.29, 0.717) is 0 Å². The largest absolute Gasteiger partial charge is 0.398 e. The van der Waals surface area contributed by atoms with Gasteiger partial charge in [0.25, 0.3) is 0 Å². The van der Waals surface area contributed by atoms with Gasteiger partial charge in [-0.3, -0.25) is 0 Å². The molecule has 0 bridgehead atoms. The molecule has 0 aliphatic rings. The zero-order chi connectivity index (χ0) is 12.3. The fraction of sp³-hybridized carbons (Fsp3) is 0.357. The summed E-state index contributed by atoms with van der Waals surface area (Å²) < 4.78 is 2.20. The Morgan fingerprint density at radius 1 is 1.35 bits per heavy atom. The van der Waals surface area contributed by atoms with Crippen LogP contribution in [0.4, 0.5) is 5.69 Å². The van der Waals surface area contributed by atoms with Gasteiger partial charge in [-0.15, -0.1) is 0 Å². The Kier molecular flexibility index (Phi) is 3.47. The van der Waals surface area contributed by atoms with Gasteiger partial charge < -0.3 is 10.3 Å². The third-order valence-electron chi connectivity index (χ3n) is 2.91. The Morgan fingerprint density at radius 3 is 2.94 bits per heavy atom. The molecule has 90 valence electrons. The van der Waals surface area contributed by atoms with Gasteiger partial charge in [-0.05, 0) is 25.0 Å². The average Bonchev–Trinajstić information content (AvgIpc) is 2.72. The predicted octanol–water partition coefficient (Wildman–Crippen LogP) is 2.77. The molecule has 0 aliphatic heterocycles. The van der Waals surface area contributed by atoms with Gasteiger partial charge in [0.15, 0.2) is 0 Å². The molecule has 0 saturated heterocycles. The molecule has 0 aliphatic carbocycles. The van der Waals surface area contributed by atoms with E-state index < -0.39 is 0 Å². The van der Waals surface area contributed by atoms with Crippen molar-refractivity contribution in [1.29, 1.82) is 0 Å². The highest BCUT2D eigenvalue weighted by atomic mass is 15.1. The smallest absolute Gasteiger partial charge is 0.113 e. The third kappa shape index (κ3) is 2.67. The first-order chi connectivity index (χ1) is 8.20. The lowest BCUT2D eigenvalue weighted by molar-refractivity contribution is 0.647. The Morgan fingerprint density at radius 2 is 2.18 bits per heavy atom. The molecule has 0 spiro atoms. The second-order valence-electron chi connectivity index (χ2n) is 4.42. The van der Waals surface area contributed by atoms with E-state index in [2.05, 4.69) is 29.5 Å². The van der Waals surface area contributed by atoms with E-state index in [1.165, 1.54) is 5.56 Å². The second kappa shape index (κ2) is 5.04. The molecule has 1 heterocycles. The van der Waals surface area contributed by atoms with E-state index in [-0.39, 0.29) is 0 Å². The van der Waals surface area contributed by atoms with E-state index in [0.717, 1.165) is 36.5 Å². The van der Waals surface area contributed by atoms with Crippen molar-refractivity contribution in [3.63, 3.8) is 0 Å². The van der Waals surface area contributed by atoms with E-state index in [9.17, 15) is 0 Å². The highest BCUT2D eigenvalue weighted by molar-refractivity contribution is 5.49. The van der Waals surface area contributed by atoms with Crippen molar-refractivity contribution in [1.82, 2.24) is 9.55 Å². The Labute approximate surface area is 102 Å². The average molecular weight is 229 g/mol. The minimum absolute atomic E-state index is 0.806. The van der Waals surface area contributed by atoms with Crippen LogP contribution in [0.5, 0.6) is 0 Å². The normalized spacial score (nSPS) is 10.7. The number of hydrogen-bond donors (Lipinski definition) is 1. The molecule has 0 saturated carbocycles. The molecular formula is C14H19N3. The maximum atomic E-state index is 5.99. The summed E-state index contributed by atoms with van der Waals surface area (Å²) in [5.41, 5.74) is 9.24. The van der Waals surface area contributed by atoms with Gasteiger partial charge in [0.05, 0.1) is 0 Å². The lowest BCUT2D eigenvalue weighted by Crippen LogP contribution is -2.05. The highest BCUT2D eigenvalue weighted by Gasteiger charge is 2.06. The first kappa shape index (κ1) is 11.7. The summed E-state index contributed by atoms with van der Waals surface area (Å²) >= 11 is 0. The van der Waals surface area contributed by atoms with Crippen LogP contribution in [0.25, 0.3) is 0 Å². The van der Waals surface area contributed by atoms with Crippen LogP contribution in [0, 0.1) is 6.92 Å². The number of imidazole rings is 1. The number of aryl methyl sites for hydroxylation is 2. The van der Waals surface area contributed by atoms with Crippen molar-refractivity contribution >= 4 is 5.69 Å². The minimum Gasteiger partial charge on any atom is -0.398 e. The molecule has 1 aromatic carbocycles. The third-order valence-corrected chi connectivity index (χ3v) is 2.91. The number of nitrogens with two attached hydrogens (primary N) is 1. The maximum Gasteiger partial charge on any atom is 0.113 e. The summed E-state index contributed by atoms with van der Waals surface area (Å²) in [5.74, 6) is 1.09. The van der Waals surface area contributed by atoms with Crippen molar-refractivity contribution in [2.45, 2.75) is 33.2 Å². The number of hydrogen-bond acceptors (Lipinski definition) is 2. The Hall–Kier alpha value is -1.77. The number of nitrogen functional groups attached to an aromatic ring is 1. The predicted molar refractivity (Wildman–Crippen MR) is 70.9 cm³/mol. The highest BCUT2D eigenvalue weighted by Crippen LogP contribution is 2.17. The summed E-state index contributed by atoms with van der Waals surface area (Å²) in [6.45, 7) is 5.27. The topological polar surface area (TPSA) is 43.8 Å². The Bertz CT molecular complexity index is 500. The fourth-order valence-corrected chi connectivity index (χ4v) is 2.01. The van der Waals surface area contributed by atoms with Gasteiger partial charge in [-0.2, -0.15) is 0 Å². The van der Waals surface area contributed by atoms with Crippen molar-refractivity contribution in [3.8, 4) is 0 Å². The van der Waals surface area contributed by atoms with Gasteiger partial charge in [-0.1, -0.05) is 24.6 Å². The van der Waals surface area contributed by atoms with Gasteiger partial charge in [0.1, 0.15) is 5.82 Å². The molecule has 0 fully saturated rings. The van der Waals surface area contributed by atoms with Crippen LogP contribution in [-0.2, 0) is 13.0 Å². The molecule has 0 atom stereocenters. The molecule has 0 amide bonds. The van der Waals surface area contributed by atoms with Gasteiger partial charge in [0, 0.05) is 31.0 Å². The monoisotopic (exact) mass is 229 g/mol. The summed E-state index contributed by atoms with van der Waals surface area (Å²) in [6.07, 6.45) is 5.81. The molecule has 2 rings (SSSR count). The molecular weight excluding hydrogens is 210 g/mol. The SMILES string of the molecule is CCCn1ccnc1Cc1cc(C)ccc1N. The van der Waals surface area contributed by atoms with Gasteiger partial charge in [0.2, 0.25) is 0 Å². The fourth-order valence-electron chi connectivity index (χ4n) is 2.01. The first-order valence-corrected chi connectivity index (χ1v) is 6.05. The summed E-state index contributed by atoms with van der Waals surface area (Å²) in [5, 5.41) is 0. The number of nitrogens with zero attached hydrogens (tertiary/aromatic N) is 2. The minimum atomic E-state index is 0.806. The maximum absolute atomic E-state index is 5.99. The number of aromatic nitrogens is 2. The zero-order valence-corrected chi connectivity index (χ0v) is 10.5. The van der Waals surface area contributed by atoms with Crippen LogP contribution in [0.3, 0.4) is 0 Å². The van der Waals surface area contributed by atoms with Crippen LogP contribution in [0.15, 0.2) is 30.6 Å². The summed E-state index contributed by atoms with van der Waals surface area (Å²) in [4.78, 5) is 4.41. The van der Waals surface area contributed by atoms with Gasteiger partial charge >= 0.3 is 0 Å². The van der Waals surface area contributed by atoms with Gasteiger partial charge in [-0.25, -0.2) is 4.98 Å². The molecule has 0 radical (unpaired) electrons. The van der Waals surface area contributed by atoms with Crippen LogP contribution in [0.2, 0.25) is 0 Å². The lowest BCUT2D eigenvalue weighted by Gasteiger charge is -2.09. The molecule has 2 N–H and O–H groups in total. The van der Waals surface area contributed by atoms with Crippen LogP contribution in [0.1, 0.15) is 30.3 Å². The van der Waals surface area contributed by atoms with Crippen molar-refractivity contribution in [3.05, 3.63) is 47.5 Å². The molecule has 3 nitrogen and oxygen atoms in total. The first-order valence-electron chi connectivity index (χ1n) is 6.05. The van der Waals surface area contributed by atoms with Crippen molar-refractivity contribution in [2.75, 3.05) is 5.73 Å². The quantitative estimate of drug-likeness (QED) is 0.819. The van der Waals surface area contributed by atoms with E-state index >= 15 is 0 Å². The van der Waals surface area contributed by atoms with Crippen molar-refractivity contribution < 1.29 is 0 Å². The van der Waals surface area contributed by atoms with E-state index in [1.807, 2.05) is 24.5 Å². The molecule has 0 unspecified atom stereocenters.